The van der Waals surface area contributed by atoms with Crippen molar-refractivity contribution >= 4 is 41.4 Å². The third-order valence-electron chi connectivity index (χ3n) is 3.94. The molecule has 0 aliphatic heterocycles. The molecule has 0 spiro atoms. The van der Waals surface area contributed by atoms with Gasteiger partial charge in [-0.3, -0.25) is 0 Å². The Bertz CT molecular complexity index is 666. The van der Waals surface area contributed by atoms with E-state index in [9.17, 15) is 0 Å². The second-order valence-corrected chi connectivity index (χ2v) is 5.58. The van der Waals surface area contributed by atoms with E-state index in [1.165, 1.54) is 5.56 Å². The molecule has 25 heavy (non-hydrogen) atoms. The standard InChI is InChI=1S/C19H27N5.HI/c1-4-15-8-7-9-17(12-15)23-19(20)22-14-16-10-11-18(21-13-16)24(5-2)6-3;/h7-13H,4-6,14H2,1-3H3,(H3,20,22,23);1H. The highest BCUT2D eigenvalue weighted by molar-refractivity contribution is 14.0. The number of aromatic nitrogens is 1. The van der Waals surface area contributed by atoms with Crippen LogP contribution in [0.3, 0.4) is 0 Å². The zero-order valence-corrected chi connectivity index (χ0v) is 17.5. The predicted molar refractivity (Wildman–Crippen MR) is 118 cm³/mol. The summed E-state index contributed by atoms with van der Waals surface area (Å²) in [7, 11) is 0. The molecule has 2 rings (SSSR count). The number of anilines is 2. The summed E-state index contributed by atoms with van der Waals surface area (Å²) in [6.45, 7) is 8.80. The molecule has 2 aromatic rings. The first kappa shape index (κ1) is 21.2. The molecule has 0 aliphatic rings. The number of benzene rings is 1. The second kappa shape index (κ2) is 10.9. The van der Waals surface area contributed by atoms with Gasteiger partial charge < -0.3 is 16.0 Å². The second-order valence-electron chi connectivity index (χ2n) is 5.58. The molecule has 0 fully saturated rings. The summed E-state index contributed by atoms with van der Waals surface area (Å²) in [6, 6.07) is 12.3. The quantitative estimate of drug-likeness (QED) is 0.378. The Morgan fingerprint density at radius 2 is 1.88 bits per heavy atom. The van der Waals surface area contributed by atoms with Crippen LogP contribution >= 0.6 is 24.0 Å². The Kier molecular flexibility index (Phi) is 9.26. The highest BCUT2D eigenvalue weighted by Crippen LogP contribution is 2.12. The van der Waals surface area contributed by atoms with Crippen LogP contribution in [0.1, 0.15) is 31.9 Å². The lowest BCUT2D eigenvalue weighted by molar-refractivity contribution is 0.843. The van der Waals surface area contributed by atoms with Crippen LogP contribution in [-0.2, 0) is 13.0 Å². The van der Waals surface area contributed by atoms with E-state index in [1.54, 1.807) is 0 Å². The Labute approximate surface area is 167 Å². The number of hydrogen-bond donors (Lipinski definition) is 2. The van der Waals surface area contributed by atoms with Crippen molar-refractivity contribution in [1.29, 1.82) is 0 Å². The minimum atomic E-state index is 0. The van der Waals surface area contributed by atoms with Crippen LogP contribution in [0.4, 0.5) is 11.5 Å². The van der Waals surface area contributed by atoms with Gasteiger partial charge in [0.2, 0.25) is 0 Å². The maximum atomic E-state index is 5.98. The van der Waals surface area contributed by atoms with E-state index in [1.807, 2.05) is 24.4 Å². The lowest BCUT2D eigenvalue weighted by Crippen LogP contribution is -2.23. The van der Waals surface area contributed by atoms with Gasteiger partial charge in [-0.2, -0.15) is 0 Å². The molecule has 1 aromatic carbocycles. The molecule has 0 bridgehead atoms. The average Bonchev–Trinajstić information content (AvgIpc) is 2.62. The molecule has 1 heterocycles. The summed E-state index contributed by atoms with van der Waals surface area (Å²) in [5.41, 5.74) is 9.25. The van der Waals surface area contributed by atoms with Crippen molar-refractivity contribution in [1.82, 2.24) is 4.98 Å². The molecule has 0 atom stereocenters. The van der Waals surface area contributed by atoms with Gasteiger partial charge in [-0.1, -0.05) is 25.1 Å². The van der Waals surface area contributed by atoms with Crippen LogP contribution in [0.25, 0.3) is 0 Å². The van der Waals surface area contributed by atoms with E-state index in [4.69, 9.17) is 5.73 Å². The zero-order chi connectivity index (χ0) is 17.4. The topological polar surface area (TPSA) is 66.5 Å². The van der Waals surface area contributed by atoms with E-state index in [0.717, 1.165) is 36.6 Å². The largest absolute Gasteiger partial charge is 0.370 e. The molecule has 3 N–H and O–H groups in total. The number of aryl methyl sites for hydroxylation is 1. The van der Waals surface area contributed by atoms with Crippen molar-refractivity contribution in [3.05, 3.63) is 53.7 Å². The van der Waals surface area contributed by atoms with Gasteiger partial charge >= 0.3 is 0 Å². The zero-order valence-electron chi connectivity index (χ0n) is 15.2. The van der Waals surface area contributed by atoms with Crippen molar-refractivity contribution in [3.63, 3.8) is 0 Å². The minimum Gasteiger partial charge on any atom is -0.370 e. The number of pyridine rings is 1. The van der Waals surface area contributed by atoms with Crippen molar-refractivity contribution in [2.45, 2.75) is 33.7 Å². The lowest BCUT2D eigenvalue weighted by Gasteiger charge is -2.19. The van der Waals surface area contributed by atoms with E-state index in [2.05, 4.69) is 59.2 Å². The monoisotopic (exact) mass is 453 g/mol. The molecule has 0 saturated carbocycles. The summed E-state index contributed by atoms with van der Waals surface area (Å²) in [4.78, 5) is 11.1. The van der Waals surface area contributed by atoms with Crippen molar-refractivity contribution in [3.8, 4) is 0 Å². The number of nitrogens with one attached hydrogen (secondary N) is 1. The highest BCUT2D eigenvalue weighted by Gasteiger charge is 2.03. The number of nitrogens with zero attached hydrogens (tertiary/aromatic N) is 3. The molecule has 0 radical (unpaired) electrons. The smallest absolute Gasteiger partial charge is 0.193 e. The van der Waals surface area contributed by atoms with E-state index >= 15 is 0 Å². The molecule has 0 amide bonds. The molecule has 0 unspecified atom stereocenters. The third-order valence-corrected chi connectivity index (χ3v) is 3.94. The van der Waals surface area contributed by atoms with Gasteiger partial charge in [-0.05, 0) is 49.6 Å². The first-order chi connectivity index (χ1) is 11.7. The molecular formula is C19H28IN5. The number of guanidine groups is 1. The van der Waals surface area contributed by atoms with Gasteiger partial charge in [0.05, 0.1) is 6.54 Å². The van der Waals surface area contributed by atoms with Crippen LogP contribution in [0, 0.1) is 0 Å². The summed E-state index contributed by atoms with van der Waals surface area (Å²) in [6.07, 6.45) is 2.86. The fraction of sp³-hybridized carbons (Fsp3) is 0.368. The van der Waals surface area contributed by atoms with E-state index < -0.39 is 0 Å². The van der Waals surface area contributed by atoms with Gasteiger partial charge in [0, 0.05) is 25.0 Å². The van der Waals surface area contributed by atoms with Gasteiger partial charge in [0.25, 0.3) is 0 Å². The van der Waals surface area contributed by atoms with E-state index in [0.29, 0.717) is 12.5 Å². The van der Waals surface area contributed by atoms with Gasteiger partial charge in [0.1, 0.15) is 5.82 Å². The van der Waals surface area contributed by atoms with Crippen LogP contribution in [0.2, 0.25) is 0 Å². The molecule has 5 nitrogen and oxygen atoms in total. The molecule has 136 valence electrons. The summed E-state index contributed by atoms with van der Waals surface area (Å²) in [5.74, 6) is 1.41. The minimum absolute atomic E-state index is 0. The highest BCUT2D eigenvalue weighted by atomic mass is 127. The Hall–Kier alpha value is -1.83. The predicted octanol–water partition coefficient (Wildman–Crippen LogP) is 4.04. The van der Waals surface area contributed by atoms with Gasteiger partial charge in [-0.15, -0.1) is 24.0 Å². The lowest BCUT2D eigenvalue weighted by atomic mass is 10.1. The number of hydrogen-bond acceptors (Lipinski definition) is 3. The molecular weight excluding hydrogens is 425 g/mol. The third kappa shape index (κ3) is 6.53. The van der Waals surface area contributed by atoms with Crippen LogP contribution in [-0.4, -0.2) is 24.0 Å². The maximum absolute atomic E-state index is 5.98. The van der Waals surface area contributed by atoms with Crippen molar-refractivity contribution in [2.75, 3.05) is 23.3 Å². The molecule has 1 aromatic heterocycles. The summed E-state index contributed by atoms with van der Waals surface area (Å²) >= 11 is 0. The first-order valence-corrected chi connectivity index (χ1v) is 8.52. The number of nitrogens with two attached hydrogens (primary N) is 1. The first-order valence-electron chi connectivity index (χ1n) is 8.52. The molecule has 0 saturated heterocycles. The Morgan fingerprint density at radius 3 is 2.48 bits per heavy atom. The summed E-state index contributed by atoms with van der Waals surface area (Å²) < 4.78 is 0. The van der Waals surface area contributed by atoms with Crippen molar-refractivity contribution < 1.29 is 0 Å². The number of aliphatic imine (C=N–C) groups is 1. The normalized spacial score (nSPS) is 10.9. The van der Waals surface area contributed by atoms with E-state index in [-0.39, 0.29) is 24.0 Å². The Morgan fingerprint density at radius 1 is 1.12 bits per heavy atom. The van der Waals surface area contributed by atoms with Crippen molar-refractivity contribution in [2.24, 2.45) is 10.7 Å². The fourth-order valence-corrected chi connectivity index (χ4v) is 2.48. The Balaban J connectivity index is 0.00000312. The van der Waals surface area contributed by atoms with Crippen LogP contribution in [0.5, 0.6) is 0 Å². The molecule has 0 aliphatic carbocycles. The number of halogens is 1. The van der Waals surface area contributed by atoms with Gasteiger partial charge in [-0.25, -0.2) is 9.98 Å². The molecule has 6 heteroatoms. The van der Waals surface area contributed by atoms with Crippen LogP contribution in [0.15, 0.2) is 47.6 Å². The average molecular weight is 453 g/mol. The maximum Gasteiger partial charge on any atom is 0.193 e. The van der Waals surface area contributed by atoms with Gasteiger partial charge in [0.15, 0.2) is 5.96 Å². The fourth-order valence-electron chi connectivity index (χ4n) is 2.48. The SMILES string of the molecule is CCc1cccc(NC(N)=NCc2ccc(N(CC)CC)nc2)c1.I. The number of rotatable bonds is 7. The van der Waals surface area contributed by atoms with Crippen LogP contribution < -0.4 is 16.0 Å². The summed E-state index contributed by atoms with van der Waals surface area (Å²) in [5, 5.41) is 3.13.